The van der Waals surface area contributed by atoms with Crippen molar-refractivity contribution >= 4 is 23.2 Å². The lowest BCUT2D eigenvalue weighted by Gasteiger charge is -2.14. The van der Waals surface area contributed by atoms with Crippen molar-refractivity contribution in [2.45, 2.75) is 13.8 Å². The van der Waals surface area contributed by atoms with Crippen LogP contribution in [0.1, 0.15) is 21.5 Å². The highest BCUT2D eigenvalue weighted by Crippen LogP contribution is 2.10. The van der Waals surface area contributed by atoms with E-state index < -0.39 is 5.91 Å². The Morgan fingerprint density at radius 1 is 1.27 bits per heavy atom. The van der Waals surface area contributed by atoms with Crippen LogP contribution in [-0.2, 0) is 0 Å². The molecule has 0 radical (unpaired) electrons. The summed E-state index contributed by atoms with van der Waals surface area (Å²) in [5.41, 5.74) is 7.74. The molecule has 15 heavy (non-hydrogen) atoms. The van der Waals surface area contributed by atoms with Crippen molar-refractivity contribution in [3.05, 3.63) is 34.9 Å². The van der Waals surface area contributed by atoms with Gasteiger partial charge in [0.1, 0.15) is 0 Å². The summed E-state index contributed by atoms with van der Waals surface area (Å²) in [6.45, 7) is 3.82. The van der Waals surface area contributed by atoms with Gasteiger partial charge < -0.3 is 5.73 Å². The molecule has 1 rings (SSSR count). The van der Waals surface area contributed by atoms with Gasteiger partial charge in [0.05, 0.1) is 0 Å². The molecule has 1 aromatic rings. The number of rotatable bonds is 1. The Kier molecular flexibility index (Phi) is 3.39. The summed E-state index contributed by atoms with van der Waals surface area (Å²) in [7, 11) is 0. The van der Waals surface area contributed by atoms with Gasteiger partial charge in [0, 0.05) is 5.56 Å². The standard InChI is InChI=1S/C10H13N3OS/c1-6-3-7(2)5-8(4-6)9(14)13(12)10(11)15/h3-5H,12H2,1-2H3,(H2,11,15). The molecule has 0 heterocycles. The summed E-state index contributed by atoms with van der Waals surface area (Å²) in [5, 5.41) is 0.628. The van der Waals surface area contributed by atoms with E-state index in [2.05, 4.69) is 12.2 Å². The molecule has 1 aromatic carbocycles. The van der Waals surface area contributed by atoms with E-state index >= 15 is 0 Å². The van der Waals surface area contributed by atoms with Gasteiger partial charge in [0.2, 0.25) is 0 Å². The Morgan fingerprint density at radius 2 is 1.73 bits per heavy atom. The first-order valence-corrected chi connectivity index (χ1v) is 4.79. The minimum Gasteiger partial charge on any atom is -0.375 e. The van der Waals surface area contributed by atoms with Crippen LogP contribution in [0.15, 0.2) is 18.2 Å². The number of hydrogen-bond donors (Lipinski definition) is 2. The van der Waals surface area contributed by atoms with Crippen molar-refractivity contribution in [3.63, 3.8) is 0 Å². The van der Waals surface area contributed by atoms with Gasteiger partial charge in [-0.05, 0) is 38.2 Å². The molecule has 0 saturated carbocycles. The summed E-state index contributed by atoms with van der Waals surface area (Å²) in [6.07, 6.45) is 0. The molecule has 4 nitrogen and oxygen atoms in total. The largest absolute Gasteiger partial charge is 0.375 e. The molecule has 0 fully saturated rings. The third-order valence-electron chi connectivity index (χ3n) is 1.92. The molecular weight excluding hydrogens is 210 g/mol. The second-order valence-electron chi connectivity index (χ2n) is 3.39. The molecule has 0 aliphatic rings. The number of benzene rings is 1. The number of nitrogens with two attached hydrogens (primary N) is 2. The van der Waals surface area contributed by atoms with Crippen LogP contribution in [0.25, 0.3) is 0 Å². The van der Waals surface area contributed by atoms with Gasteiger partial charge in [-0.1, -0.05) is 17.2 Å². The minimum atomic E-state index is -0.394. The average molecular weight is 223 g/mol. The molecule has 1 amide bonds. The number of aryl methyl sites for hydroxylation is 2. The van der Waals surface area contributed by atoms with Crippen molar-refractivity contribution in [2.24, 2.45) is 11.6 Å². The van der Waals surface area contributed by atoms with Gasteiger partial charge in [-0.25, -0.2) is 10.9 Å². The van der Waals surface area contributed by atoms with E-state index in [1.54, 1.807) is 12.1 Å². The number of carbonyl (C=O) groups excluding carboxylic acids is 1. The highest BCUT2D eigenvalue weighted by atomic mass is 32.1. The normalized spacial score (nSPS) is 9.80. The smallest absolute Gasteiger partial charge is 0.274 e. The molecule has 5 heteroatoms. The monoisotopic (exact) mass is 223 g/mol. The Labute approximate surface area is 93.8 Å². The summed E-state index contributed by atoms with van der Waals surface area (Å²) >= 11 is 4.62. The van der Waals surface area contributed by atoms with E-state index in [4.69, 9.17) is 11.6 Å². The zero-order valence-corrected chi connectivity index (χ0v) is 9.47. The van der Waals surface area contributed by atoms with Crippen LogP contribution < -0.4 is 11.6 Å². The third kappa shape index (κ3) is 2.74. The zero-order chi connectivity index (χ0) is 11.6. The van der Waals surface area contributed by atoms with Gasteiger partial charge in [0.15, 0.2) is 5.11 Å². The zero-order valence-electron chi connectivity index (χ0n) is 8.65. The number of hydrazine groups is 1. The molecule has 0 bridgehead atoms. The van der Waals surface area contributed by atoms with Gasteiger partial charge in [0.25, 0.3) is 5.91 Å². The van der Waals surface area contributed by atoms with Gasteiger partial charge in [-0.2, -0.15) is 0 Å². The van der Waals surface area contributed by atoms with E-state index in [-0.39, 0.29) is 5.11 Å². The summed E-state index contributed by atoms with van der Waals surface area (Å²) in [6, 6.07) is 5.46. The molecule has 0 aliphatic heterocycles. The van der Waals surface area contributed by atoms with Crippen molar-refractivity contribution < 1.29 is 4.79 Å². The Bertz CT molecular complexity index is 397. The number of carbonyl (C=O) groups is 1. The summed E-state index contributed by atoms with van der Waals surface area (Å²) < 4.78 is 0. The fourth-order valence-electron chi connectivity index (χ4n) is 1.34. The quantitative estimate of drug-likeness (QED) is 0.320. The average Bonchev–Trinajstić information content (AvgIpc) is 2.13. The van der Waals surface area contributed by atoms with Crippen LogP contribution >= 0.6 is 12.2 Å². The van der Waals surface area contributed by atoms with Crippen molar-refractivity contribution in [2.75, 3.05) is 0 Å². The maximum Gasteiger partial charge on any atom is 0.274 e. The van der Waals surface area contributed by atoms with Crippen molar-refractivity contribution in [1.29, 1.82) is 0 Å². The molecule has 0 atom stereocenters. The first-order valence-electron chi connectivity index (χ1n) is 4.38. The Hall–Kier alpha value is -1.46. The fraction of sp³-hybridized carbons (Fsp3) is 0.200. The van der Waals surface area contributed by atoms with Gasteiger partial charge in [-0.3, -0.25) is 4.79 Å². The lowest BCUT2D eigenvalue weighted by atomic mass is 10.1. The molecular formula is C10H13N3OS. The van der Waals surface area contributed by atoms with Gasteiger partial charge in [-0.15, -0.1) is 0 Å². The third-order valence-corrected chi connectivity index (χ3v) is 2.12. The van der Waals surface area contributed by atoms with Crippen LogP contribution in [0.2, 0.25) is 0 Å². The second-order valence-corrected chi connectivity index (χ2v) is 3.81. The maximum atomic E-state index is 11.7. The number of amides is 1. The fourth-order valence-corrected chi connectivity index (χ4v) is 1.42. The lowest BCUT2D eigenvalue weighted by Crippen LogP contribution is -2.45. The topological polar surface area (TPSA) is 72.3 Å². The van der Waals surface area contributed by atoms with Gasteiger partial charge >= 0.3 is 0 Å². The molecule has 0 spiro atoms. The number of nitrogens with zero attached hydrogens (tertiary/aromatic N) is 1. The molecule has 4 N–H and O–H groups in total. The molecule has 0 saturated heterocycles. The van der Waals surface area contributed by atoms with Crippen molar-refractivity contribution in [1.82, 2.24) is 5.01 Å². The SMILES string of the molecule is Cc1cc(C)cc(C(=O)N(N)C(N)=S)c1. The second kappa shape index (κ2) is 4.37. The maximum absolute atomic E-state index is 11.7. The summed E-state index contributed by atoms with van der Waals surface area (Å²) in [5.74, 6) is 5.02. The van der Waals surface area contributed by atoms with Crippen molar-refractivity contribution in [3.8, 4) is 0 Å². The highest BCUT2D eigenvalue weighted by molar-refractivity contribution is 7.80. The first-order chi connectivity index (χ1) is 6.91. The Morgan fingerprint density at radius 3 is 2.13 bits per heavy atom. The predicted molar refractivity (Wildman–Crippen MR) is 63.1 cm³/mol. The predicted octanol–water partition coefficient (Wildman–Crippen LogP) is 0.863. The van der Waals surface area contributed by atoms with Crippen LogP contribution in [0.5, 0.6) is 0 Å². The van der Waals surface area contributed by atoms with Crippen LogP contribution in [0, 0.1) is 13.8 Å². The minimum absolute atomic E-state index is 0.140. The molecule has 0 aromatic heterocycles. The number of hydrogen-bond acceptors (Lipinski definition) is 3. The van der Waals surface area contributed by atoms with Crippen LogP contribution in [0.3, 0.4) is 0 Å². The van der Waals surface area contributed by atoms with E-state index in [0.717, 1.165) is 16.1 Å². The molecule has 0 unspecified atom stereocenters. The number of thiocarbonyl (C=S) groups is 1. The van der Waals surface area contributed by atoms with E-state index in [1.165, 1.54) is 0 Å². The molecule has 0 aliphatic carbocycles. The highest BCUT2D eigenvalue weighted by Gasteiger charge is 2.14. The lowest BCUT2D eigenvalue weighted by molar-refractivity contribution is 0.0848. The van der Waals surface area contributed by atoms with E-state index in [0.29, 0.717) is 5.56 Å². The van der Waals surface area contributed by atoms with E-state index in [9.17, 15) is 4.79 Å². The van der Waals surface area contributed by atoms with Crippen LogP contribution in [-0.4, -0.2) is 16.0 Å². The molecule has 80 valence electrons. The summed E-state index contributed by atoms with van der Waals surface area (Å²) in [4.78, 5) is 11.7. The van der Waals surface area contributed by atoms with E-state index in [1.807, 2.05) is 19.9 Å². The van der Waals surface area contributed by atoms with Crippen LogP contribution in [0.4, 0.5) is 0 Å². The Balaban J connectivity index is 3.06. The first kappa shape index (κ1) is 11.6.